The molecule has 0 amide bonds. The van der Waals surface area contributed by atoms with Gasteiger partial charge in [-0.15, -0.1) is 0 Å². The van der Waals surface area contributed by atoms with Gasteiger partial charge in [-0.25, -0.2) is 4.79 Å². The van der Waals surface area contributed by atoms with E-state index in [0.29, 0.717) is 0 Å². The second kappa shape index (κ2) is 2.45. The highest BCUT2D eigenvalue weighted by Crippen LogP contribution is 2.04. The zero-order valence-corrected chi connectivity index (χ0v) is 5.50. The average molecular weight is 154 g/mol. The Morgan fingerprint density at radius 3 is 2.73 bits per heavy atom. The van der Waals surface area contributed by atoms with Crippen molar-refractivity contribution in [1.82, 2.24) is 4.98 Å². The third-order valence-corrected chi connectivity index (χ3v) is 1.19. The standard InChI is InChI=1S/C6H6N2O3/c7-4-1-5(9)8-2-3(4)6(10)11/h1-2H,(H,10,11)(H3,7,8,9). The first-order valence-corrected chi connectivity index (χ1v) is 2.83. The molecule has 0 saturated heterocycles. The van der Waals surface area contributed by atoms with Crippen LogP contribution in [0.4, 0.5) is 5.69 Å². The number of rotatable bonds is 1. The molecule has 0 spiro atoms. The monoisotopic (exact) mass is 154 g/mol. The van der Waals surface area contributed by atoms with Gasteiger partial charge in [0.1, 0.15) is 0 Å². The Balaban J connectivity index is 3.31. The van der Waals surface area contributed by atoms with Gasteiger partial charge in [-0.1, -0.05) is 0 Å². The minimum absolute atomic E-state index is 0.0266. The SMILES string of the molecule is Nc1cc(=O)[nH]cc1C(=O)O. The molecule has 0 aliphatic rings. The van der Waals surface area contributed by atoms with Gasteiger partial charge in [0.05, 0.1) is 11.3 Å². The molecular formula is C6H6N2O3. The predicted octanol–water partition coefficient (Wildman–Crippen LogP) is -0.345. The first-order valence-electron chi connectivity index (χ1n) is 2.83. The number of nitrogens with two attached hydrogens (primary N) is 1. The molecule has 5 heteroatoms. The molecule has 0 aliphatic carbocycles. The number of anilines is 1. The van der Waals surface area contributed by atoms with Gasteiger partial charge in [0.25, 0.3) is 0 Å². The van der Waals surface area contributed by atoms with Crippen LogP contribution in [0, 0.1) is 0 Å². The molecule has 4 N–H and O–H groups in total. The van der Waals surface area contributed by atoms with Gasteiger partial charge in [0.2, 0.25) is 5.56 Å². The zero-order valence-electron chi connectivity index (χ0n) is 5.50. The van der Waals surface area contributed by atoms with Gasteiger partial charge in [-0.2, -0.15) is 0 Å². The largest absolute Gasteiger partial charge is 0.478 e. The number of aromatic nitrogens is 1. The van der Waals surface area contributed by atoms with Crippen LogP contribution in [-0.2, 0) is 0 Å². The van der Waals surface area contributed by atoms with Gasteiger partial charge >= 0.3 is 5.97 Å². The number of carbonyl (C=O) groups is 1. The van der Waals surface area contributed by atoms with Crippen molar-refractivity contribution in [2.75, 3.05) is 5.73 Å². The normalized spacial score (nSPS) is 9.45. The summed E-state index contributed by atoms with van der Waals surface area (Å²) in [5, 5.41) is 8.45. The molecule has 0 atom stereocenters. The van der Waals surface area contributed by atoms with Crippen molar-refractivity contribution in [2.45, 2.75) is 0 Å². The van der Waals surface area contributed by atoms with Crippen LogP contribution in [0.1, 0.15) is 10.4 Å². The van der Waals surface area contributed by atoms with Crippen molar-refractivity contribution in [3.05, 3.63) is 28.2 Å². The van der Waals surface area contributed by atoms with Crippen LogP contribution >= 0.6 is 0 Å². The van der Waals surface area contributed by atoms with E-state index < -0.39 is 11.5 Å². The van der Waals surface area contributed by atoms with Crippen molar-refractivity contribution < 1.29 is 9.90 Å². The molecule has 0 fully saturated rings. The molecule has 1 aromatic rings. The minimum atomic E-state index is -1.15. The summed E-state index contributed by atoms with van der Waals surface area (Å²) < 4.78 is 0. The minimum Gasteiger partial charge on any atom is -0.478 e. The average Bonchev–Trinajstić information content (AvgIpc) is 1.85. The lowest BCUT2D eigenvalue weighted by Crippen LogP contribution is -2.10. The highest BCUT2D eigenvalue weighted by Gasteiger charge is 2.06. The van der Waals surface area contributed by atoms with Crippen LogP contribution in [0.3, 0.4) is 0 Å². The molecule has 0 bridgehead atoms. The van der Waals surface area contributed by atoms with Crippen LogP contribution in [0.25, 0.3) is 0 Å². The molecule has 0 aliphatic heterocycles. The highest BCUT2D eigenvalue weighted by molar-refractivity contribution is 5.92. The quantitative estimate of drug-likeness (QED) is 0.515. The van der Waals surface area contributed by atoms with Crippen LogP contribution < -0.4 is 11.3 Å². The molecule has 1 heterocycles. The molecule has 0 unspecified atom stereocenters. The van der Waals surface area contributed by atoms with E-state index in [4.69, 9.17) is 10.8 Å². The lowest BCUT2D eigenvalue weighted by atomic mass is 10.2. The summed E-state index contributed by atoms with van der Waals surface area (Å²) in [4.78, 5) is 23.1. The van der Waals surface area contributed by atoms with Gasteiger partial charge < -0.3 is 15.8 Å². The number of pyridine rings is 1. The highest BCUT2D eigenvalue weighted by atomic mass is 16.4. The number of H-pyrrole nitrogens is 1. The van der Waals surface area contributed by atoms with E-state index in [1.54, 1.807) is 0 Å². The zero-order chi connectivity index (χ0) is 8.43. The van der Waals surface area contributed by atoms with Crippen LogP contribution in [-0.4, -0.2) is 16.1 Å². The summed E-state index contributed by atoms with van der Waals surface area (Å²) in [6.45, 7) is 0. The summed E-state index contributed by atoms with van der Waals surface area (Å²) >= 11 is 0. The fourth-order valence-corrected chi connectivity index (χ4v) is 0.672. The summed E-state index contributed by atoms with van der Waals surface area (Å²) in [6.07, 6.45) is 1.07. The first kappa shape index (κ1) is 7.33. The number of carboxylic acid groups (broad SMARTS) is 1. The fraction of sp³-hybridized carbons (Fsp3) is 0. The van der Waals surface area contributed by atoms with Gasteiger partial charge in [0, 0.05) is 12.3 Å². The number of aromatic amines is 1. The van der Waals surface area contributed by atoms with Crippen molar-refractivity contribution in [2.24, 2.45) is 0 Å². The van der Waals surface area contributed by atoms with Gasteiger partial charge in [0.15, 0.2) is 0 Å². The Morgan fingerprint density at radius 2 is 2.27 bits per heavy atom. The maximum Gasteiger partial charge on any atom is 0.339 e. The van der Waals surface area contributed by atoms with E-state index >= 15 is 0 Å². The Hall–Kier alpha value is -1.78. The molecule has 58 valence electrons. The topological polar surface area (TPSA) is 96.2 Å². The van der Waals surface area contributed by atoms with E-state index in [9.17, 15) is 9.59 Å². The predicted molar refractivity (Wildman–Crippen MR) is 38.4 cm³/mol. The first-order chi connectivity index (χ1) is 5.11. The van der Waals surface area contributed by atoms with Crippen LogP contribution in [0.2, 0.25) is 0 Å². The van der Waals surface area contributed by atoms with Crippen molar-refractivity contribution in [3.8, 4) is 0 Å². The second-order valence-corrected chi connectivity index (χ2v) is 1.97. The van der Waals surface area contributed by atoms with E-state index in [2.05, 4.69) is 4.98 Å². The lowest BCUT2D eigenvalue weighted by Gasteiger charge is -1.96. The molecular weight excluding hydrogens is 148 g/mol. The van der Waals surface area contributed by atoms with E-state index in [1.807, 2.05) is 0 Å². The second-order valence-electron chi connectivity index (χ2n) is 1.97. The number of nitrogen functional groups attached to an aromatic ring is 1. The molecule has 1 rings (SSSR count). The maximum atomic E-state index is 10.5. The van der Waals surface area contributed by atoms with Crippen LogP contribution in [0.15, 0.2) is 17.1 Å². The van der Waals surface area contributed by atoms with Crippen molar-refractivity contribution in [3.63, 3.8) is 0 Å². The molecule has 11 heavy (non-hydrogen) atoms. The molecule has 0 aromatic carbocycles. The molecule has 5 nitrogen and oxygen atoms in total. The van der Waals surface area contributed by atoms with Gasteiger partial charge in [-0.05, 0) is 0 Å². The third kappa shape index (κ3) is 1.37. The Kier molecular flexibility index (Phi) is 1.63. The smallest absolute Gasteiger partial charge is 0.339 e. The van der Waals surface area contributed by atoms with Crippen LogP contribution in [0.5, 0.6) is 0 Å². The Bertz CT molecular complexity index is 342. The van der Waals surface area contributed by atoms with E-state index in [-0.39, 0.29) is 11.3 Å². The fourth-order valence-electron chi connectivity index (χ4n) is 0.672. The van der Waals surface area contributed by atoms with E-state index in [1.165, 1.54) is 0 Å². The summed E-state index contributed by atoms with van der Waals surface area (Å²) in [5.74, 6) is -1.15. The Labute approximate surface area is 61.5 Å². The number of carboxylic acids is 1. The summed E-state index contributed by atoms with van der Waals surface area (Å²) in [7, 11) is 0. The summed E-state index contributed by atoms with van der Waals surface area (Å²) in [6, 6.07) is 1.03. The van der Waals surface area contributed by atoms with Gasteiger partial charge in [-0.3, -0.25) is 4.79 Å². The lowest BCUT2D eigenvalue weighted by molar-refractivity contribution is 0.0697. The molecule has 0 radical (unpaired) electrons. The number of hydrogen-bond acceptors (Lipinski definition) is 3. The van der Waals surface area contributed by atoms with E-state index in [0.717, 1.165) is 12.3 Å². The molecule has 0 saturated carbocycles. The summed E-state index contributed by atoms with van der Waals surface area (Å²) in [5.41, 5.74) is 4.69. The number of hydrogen-bond donors (Lipinski definition) is 3. The third-order valence-electron chi connectivity index (χ3n) is 1.19. The molecule has 1 aromatic heterocycles. The Morgan fingerprint density at radius 1 is 1.64 bits per heavy atom. The maximum absolute atomic E-state index is 10.5. The van der Waals surface area contributed by atoms with Crippen molar-refractivity contribution >= 4 is 11.7 Å². The number of aromatic carboxylic acids is 1. The number of nitrogens with one attached hydrogen (secondary N) is 1. The van der Waals surface area contributed by atoms with Crippen molar-refractivity contribution in [1.29, 1.82) is 0 Å².